The van der Waals surface area contributed by atoms with Crippen LogP contribution in [0.5, 0.6) is 0 Å². The van der Waals surface area contributed by atoms with Gasteiger partial charge in [0.15, 0.2) is 0 Å². The van der Waals surface area contributed by atoms with Gasteiger partial charge in [0, 0.05) is 0 Å². The zero-order chi connectivity index (χ0) is 13.8. The molecule has 2 nitrogen and oxygen atoms in total. The van der Waals surface area contributed by atoms with E-state index >= 15 is 0 Å². The maximum absolute atomic E-state index is 12.2. The summed E-state index contributed by atoms with van der Waals surface area (Å²) in [7, 11) is 0. The molecule has 18 heavy (non-hydrogen) atoms. The highest BCUT2D eigenvalue weighted by molar-refractivity contribution is 5.75. The standard InChI is InChI=1S/C16H30O2/c1-6-16(7-2,13-11-9-8-10-12-13)18-14(17)15(3,4)5/h13H,6-12H2,1-5H3. The summed E-state index contributed by atoms with van der Waals surface area (Å²) in [6.45, 7) is 10.1. The second-order valence-corrected chi connectivity index (χ2v) is 6.75. The number of rotatable bonds is 4. The Hall–Kier alpha value is -0.530. The molecule has 0 heterocycles. The number of carbonyl (C=O) groups is 1. The first-order chi connectivity index (χ1) is 8.35. The minimum Gasteiger partial charge on any atom is -0.458 e. The highest BCUT2D eigenvalue weighted by atomic mass is 16.6. The Morgan fingerprint density at radius 3 is 1.94 bits per heavy atom. The fraction of sp³-hybridized carbons (Fsp3) is 0.938. The average molecular weight is 254 g/mol. The van der Waals surface area contributed by atoms with Crippen molar-refractivity contribution in [1.82, 2.24) is 0 Å². The molecule has 1 saturated carbocycles. The van der Waals surface area contributed by atoms with Crippen LogP contribution in [0.1, 0.15) is 79.6 Å². The van der Waals surface area contributed by atoms with Crippen LogP contribution >= 0.6 is 0 Å². The van der Waals surface area contributed by atoms with Crippen molar-refractivity contribution in [1.29, 1.82) is 0 Å². The average Bonchev–Trinajstić information content (AvgIpc) is 2.35. The molecule has 0 amide bonds. The van der Waals surface area contributed by atoms with E-state index in [-0.39, 0.29) is 11.6 Å². The summed E-state index contributed by atoms with van der Waals surface area (Å²) in [5, 5.41) is 0. The summed E-state index contributed by atoms with van der Waals surface area (Å²) < 4.78 is 6.00. The van der Waals surface area contributed by atoms with Gasteiger partial charge in [-0.2, -0.15) is 0 Å². The van der Waals surface area contributed by atoms with Crippen molar-refractivity contribution >= 4 is 5.97 Å². The normalized spacial score (nSPS) is 18.7. The predicted molar refractivity (Wildman–Crippen MR) is 75.4 cm³/mol. The van der Waals surface area contributed by atoms with Crippen molar-refractivity contribution in [2.75, 3.05) is 0 Å². The summed E-state index contributed by atoms with van der Waals surface area (Å²) in [4.78, 5) is 12.2. The largest absolute Gasteiger partial charge is 0.458 e. The number of carbonyl (C=O) groups excluding carboxylic acids is 1. The van der Waals surface area contributed by atoms with E-state index in [4.69, 9.17) is 4.74 Å². The van der Waals surface area contributed by atoms with E-state index in [1.807, 2.05) is 20.8 Å². The summed E-state index contributed by atoms with van der Waals surface area (Å²) in [6, 6.07) is 0. The lowest BCUT2D eigenvalue weighted by molar-refractivity contribution is -0.179. The topological polar surface area (TPSA) is 26.3 Å². The van der Waals surface area contributed by atoms with Gasteiger partial charge in [0.2, 0.25) is 0 Å². The van der Waals surface area contributed by atoms with E-state index < -0.39 is 5.41 Å². The molecule has 0 aromatic carbocycles. The Bertz CT molecular complexity index is 265. The van der Waals surface area contributed by atoms with E-state index in [1.54, 1.807) is 0 Å². The van der Waals surface area contributed by atoms with Gasteiger partial charge in [-0.1, -0.05) is 33.1 Å². The second kappa shape index (κ2) is 6.08. The van der Waals surface area contributed by atoms with Crippen molar-refractivity contribution < 1.29 is 9.53 Å². The van der Waals surface area contributed by atoms with Gasteiger partial charge in [-0.3, -0.25) is 4.79 Å². The quantitative estimate of drug-likeness (QED) is 0.679. The molecule has 0 radical (unpaired) electrons. The molecule has 0 aliphatic heterocycles. The van der Waals surface area contributed by atoms with Crippen molar-refractivity contribution in [2.45, 2.75) is 85.2 Å². The van der Waals surface area contributed by atoms with Crippen LogP contribution in [-0.2, 0) is 9.53 Å². The minimum absolute atomic E-state index is 0.0447. The van der Waals surface area contributed by atoms with Crippen LogP contribution < -0.4 is 0 Å². The van der Waals surface area contributed by atoms with E-state index in [1.165, 1.54) is 32.1 Å². The van der Waals surface area contributed by atoms with Crippen LogP contribution in [0.15, 0.2) is 0 Å². The molecule has 0 spiro atoms. The Balaban J connectivity index is 2.82. The molecule has 2 heteroatoms. The van der Waals surface area contributed by atoms with E-state index in [2.05, 4.69) is 13.8 Å². The number of hydrogen-bond donors (Lipinski definition) is 0. The molecule has 0 atom stereocenters. The molecule has 1 aliphatic rings. The molecule has 0 N–H and O–H groups in total. The van der Waals surface area contributed by atoms with Gasteiger partial charge in [0.1, 0.15) is 5.60 Å². The Labute approximate surface area is 112 Å². The third kappa shape index (κ3) is 3.49. The zero-order valence-electron chi connectivity index (χ0n) is 12.8. The fourth-order valence-electron chi connectivity index (χ4n) is 3.02. The first-order valence-corrected chi connectivity index (χ1v) is 7.59. The van der Waals surface area contributed by atoms with Crippen molar-refractivity contribution in [3.05, 3.63) is 0 Å². The SMILES string of the molecule is CCC(CC)(OC(=O)C(C)(C)C)C1CCCCC1. The number of esters is 1. The number of ether oxygens (including phenoxy) is 1. The lowest BCUT2D eigenvalue weighted by atomic mass is 9.74. The van der Waals surface area contributed by atoms with Gasteiger partial charge >= 0.3 is 5.97 Å². The zero-order valence-corrected chi connectivity index (χ0v) is 12.8. The van der Waals surface area contributed by atoms with Crippen LogP contribution in [0.2, 0.25) is 0 Å². The molecule has 0 unspecified atom stereocenters. The maximum atomic E-state index is 12.2. The fourth-order valence-corrected chi connectivity index (χ4v) is 3.02. The third-order valence-electron chi connectivity index (χ3n) is 4.45. The van der Waals surface area contributed by atoms with Crippen LogP contribution in [0.4, 0.5) is 0 Å². The van der Waals surface area contributed by atoms with Crippen LogP contribution in [-0.4, -0.2) is 11.6 Å². The lowest BCUT2D eigenvalue weighted by Crippen LogP contribution is -2.45. The van der Waals surface area contributed by atoms with Crippen molar-refractivity contribution in [2.24, 2.45) is 11.3 Å². The Kier molecular flexibility index (Phi) is 5.24. The summed E-state index contributed by atoms with van der Waals surface area (Å²) in [5.74, 6) is 0.518. The second-order valence-electron chi connectivity index (χ2n) is 6.75. The van der Waals surface area contributed by atoms with E-state index in [0.29, 0.717) is 5.92 Å². The highest BCUT2D eigenvalue weighted by Crippen LogP contribution is 2.40. The summed E-state index contributed by atoms with van der Waals surface area (Å²) in [6.07, 6.45) is 8.25. The number of hydrogen-bond acceptors (Lipinski definition) is 2. The van der Waals surface area contributed by atoms with Gasteiger partial charge in [0.05, 0.1) is 5.41 Å². The predicted octanol–water partition coefficient (Wildman–Crippen LogP) is 4.71. The van der Waals surface area contributed by atoms with Crippen molar-refractivity contribution in [3.63, 3.8) is 0 Å². The maximum Gasteiger partial charge on any atom is 0.311 e. The third-order valence-corrected chi connectivity index (χ3v) is 4.45. The van der Waals surface area contributed by atoms with Gasteiger partial charge in [-0.15, -0.1) is 0 Å². The Morgan fingerprint density at radius 2 is 1.56 bits per heavy atom. The highest BCUT2D eigenvalue weighted by Gasteiger charge is 2.41. The van der Waals surface area contributed by atoms with Crippen LogP contribution in [0.3, 0.4) is 0 Å². The molecule has 0 aromatic rings. The minimum atomic E-state index is -0.399. The van der Waals surface area contributed by atoms with Crippen LogP contribution in [0, 0.1) is 11.3 Å². The van der Waals surface area contributed by atoms with Gasteiger partial charge in [-0.25, -0.2) is 0 Å². The molecule has 0 aromatic heterocycles. The molecule has 106 valence electrons. The Morgan fingerprint density at radius 1 is 1.06 bits per heavy atom. The monoisotopic (exact) mass is 254 g/mol. The van der Waals surface area contributed by atoms with Crippen LogP contribution in [0.25, 0.3) is 0 Å². The first-order valence-electron chi connectivity index (χ1n) is 7.59. The first kappa shape index (κ1) is 15.5. The van der Waals surface area contributed by atoms with Crippen molar-refractivity contribution in [3.8, 4) is 0 Å². The van der Waals surface area contributed by atoms with Gasteiger partial charge < -0.3 is 4.74 Å². The molecular formula is C16H30O2. The molecular weight excluding hydrogens is 224 g/mol. The van der Waals surface area contributed by atoms with E-state index in [9.17, 15) is 4.79 Å². The summed E-state index contributed by atoms with van der Waals surface area (Å²) in [5.41, 5.74) is -0.616. The lowest BCUT2D eigenvalue weighted by Gasteiger charge is -2.42. The van der Waals surface area contributed by atoms with E-state index in [0.717, 1.165) is 12.8 Å². The van der Waals surface area contributed by atoms with Gasteiger partial charge in [0.25, 0.3) is 0 Å². The molecule has 1 rings (SSSR count). The molecule has 0 saturated heterocycles. The van der Waals surface area contributed by atoms with Gasteiger partial charge in [-0.05, 0) is 52.4 Å². The smallest absolute Gasteiger partial charge is 0.311 e. The molecule has 0 bridgehead atoms. The summed E-state index contributed by atoms with van der Waals surface area (Å²) >= 11 is 0. The molecule has 1 aliphatic carbocycles. The molecule has 1 fully saturated rings.